The molecular weight excluding hydrogens is 324 g/mol. The van der Waals surface area contributed by atoms with Gasteiger partial charge >= 0.3 is 0 Å². The van der Waals surface area contributed by atoms with E-state index in [4.69, 9.17) is 9.47 Å². The number of halogens is 1. The van der Waals surface area contributed by atoms with Crippen LogP contribution in [-0.4, -0.2) is 23.3 Å². The van der Waals surface area contributed by atoms with E-state index in [-0.39, 0.29) is 6.79 Å². The summed E-state index contributed by atoms with van der Waals surface area (Å²) in [6, 6.07) is 5.66. The van der Waals surface area contributed by atoms with Crippen molar-refractivity contribution in [2.75, 3.05) is 24.0 Å². The van der Waals surface area contributed by atoms with E-state index in [1.54, 1.807) is 0 Å². The fraction of sp³-hybridized carbons (Fsp3) is 0.231. The molecule has 20 heavy (non-hydrogen) atoms. The first-order valence-electron chi connectivity index (χ1n) is 6.19. The van der Waals surface area contributed by atoms with Gasteiger partial charge in [0.2, 0.25) is 6.79 Å². The van der Waals surface area contributed by atoms with Gasteiger partial charge < -0.3 is 20.1 Å². The highest BCUT2D eigenvalue weighted by Crippen LogP contribution is 2.36. The van der Waals surface area contributed by atoms with Crippen molar-refractivity contribution in [3.63, 3.8) is 0 Å². The number of nitrogens with one attached hydrogen (secondary N) is 2. The Bertz CT molecular complexity index is 636. The molecule has 0 radical (unpaired) electrons. The fourth-order valence-corrected chi connectivity index (χ4v) is 2.30. The summed E-state index contributed by atoms with van der Waals surface area (Å²) < 4.78 is 11.4. The molecule has 2 aromatic rings. The van der Waals surface area contributed by atoms with Gasteiger partial charge in [0.05, 0.1) is 0 Å². The molecule has 0 amide bonds. The van der Waals surface area contributed by atoms with Gasteiger partial charge in [0.15, 0.2) is 11.5 Å². The number of aromatic nitrogens is 2. The van der Waals surface area contributed by atoms with Gasteiger partial charge in [-0.1, -0.05) is 0 Å². The summed E-state index contributed by atoms with van der Waals surface area (Å²) in [5.74, 6) is 2.93. The number of hydrogen-bond acceptors (Lipinski definition) is 6. The van der Waals surface area contributed by atoms with Crippen LogP contribution >= 0.6 is 15.9 Å². The lowest BCUT2D eigenvalue weighted by Gasteiger charge is -2.11. The van der Waals surface area contributed by atoms with Gasteiger partial charge in [-0.3, -0.25) is 0 Å². The Balaban J connectivity index is 1.86. The summed E-state index contributed by atoms with van der Waals surface area (Å²) >= 11 is 3.50. The SMILES string of the molecule is CCNc1ncnc(Nc2ccc3c(c2)OCO3)c1Br. The molecule has 0 spiro atoms. The molecule has 1 aliphatic heterocycles. The highest BCUT2D eigenvalue weighted by atomic mass is 79.9. The predicted molar refractivity (Wildman–Crippen MR) is 79.7 cm³/mol. The molecule has 0 atom stereocenters. The standard InChI is InChI=1S/C13H13BrN4O2/c1-2-15-12-11(14)13(17-6-16-12)18-8-3-4-9-10(5-8)20-7-19-9/h3-6H,2,7H2,1H3,(H2,15,16,17,18). The minimum absolute atomic E-state index is 0.264. The van der Waals surface area contributed by atoms with E-state index in [0.717, 1.165) is 34.0 Å². The topological polar surface area (TPSA) is 68.3 Å². The Labute approximate surface area is 124 Å². The van der Waals surface area contributed by atoms with Gasteiger partial charge in [-0.25, -0.2) is 9.97 Å². The molecule has 6 nitrogen and oxygen atoms in total. The molecule has 0 saturated heterocycles. The second-order valence-corrected chi connectivity index (χ2v) is 4.90. The maximum atomic E-state index is 5.35. The van der Waals surface area contributed by atoms with Crippen molar-refractivity contribution < 1.29 is 9.47 Å². The molecule has 7 heteroatoms. The van der Waals surface area contributed by atoms with Crippen molar-refractivity contribution in [1.82, 2.24) is 9.97 Å². The Morgan fingerprint density at radius 2 is 2.00 bits per heavy atom. The zero-order valence-corrected chi connectivity index (χ0v) is 12.4. The minimum atomic E-state index is 0.264. The minimum Gasteiger partial charge on any atom is -0.454 e. The summed E-state index contributed by atoms with van der Waals surface area (Å²) in [5, 5.41) is 6.39. The summed E-state index contributed by atoms with van der Waals surface area (Å²) in [5.41, 5.74) is 0.871. The van der Waals surface area contributed by atoms with Gasteiger partial charge in [0, 0.05) is 18.3 Å². The Hall–Kier alpha value is -2.02. The Kier molecular flexibility index (Phi) is 3.60. The van der Waals surface area contributed by atoms with E-state index >= 15 is 0 Å². The number of anilines is 3. The van der Waals surface area contributed by atoms with Crippen molar-refractivity contribution in [2.45, 2.75) is 6.92 Å². The van der Waals surface area contributed by atoms with Crippen LogP contribution in [0.15, 0.2) is 29.0 Å². The molecule has 3 rings (SSSR count). The molecule has 2 heterocycles. The van der Waals surface area contributed by atoms with Gasteiger partial charge in [-0.15, -0.1) is 0 Å². The van der Waals surface area contributed by atoms with Crippen LogP contribution in [0.1, 0.15) is 6.92 Å². The summed E-state index contributed by atoms with van der Waals surface area (Å²) in [6.07, 6.45) is 1.51. The van der Waals surface area contributed by atoms with Gasteiger partial charge in [0.1, 0.15) is 22.4 Å². The van der Waals surface area contributed by atoms with E-state index in [0.29, 0.717) is 5.82 Å². The van der Waals surface area contributed by atoms with Gasteiger partial charge in [-0.05, 0) is 35.0 Å². The average molecular weight is 337 g/mol. The second kappa shape index (κ2) is 5.54. The number of ether oxygens (including phenoxy) is 2. The third kappa shape index (κ3) is 2.49. The molecule has 0 unspecified atom stereocenters. The normalized spacial score (nSPS) is 12.3. The maximum absolute atomic E-state index is 5.35. The highest BCUT2D eigenvalue weighted by molar-refractivity contribution is 9.10. The van der Waals surface area contributed by atoms with Crippen LogP contribution in [0.5, 0.6) is 11.5 Å². The van der Waals surface area contributed by atoms with Crippen LogP contribution in [0.3, 0.4) is 0 Å². The van der Waals surface area contributed by atoms with E-state index in [1.807, 2.05) is 25.1 Å². The van der Waals surface area contributed by atoms with Crippen LogP contribution in [0.25, 0.3) is 0 Å². The molecule has 1 aromatic carbocycles. The van der Waals surface area contributed by atoms with Crippen molar-refractivity contribution in [3.8, 4) is 11.5 Å². The summed E-state index contributed by atoms with van der Waals surface area (Å²) in [6.45, 7) is 3.07. The van der Waals surface area contributed by atoms with Crippen molar-refractivity contribution in [3.05, 3.63) is 29.0 Å². The number of benzene rings is 1. The first kappa shape index (κ1) is 13.0. The lowest BCUT2D eigenvalue weighted by atomic mass is 10.3. The van der Waals surface area contributed by atoms with E-state index in [9.17, 15) is 0 Å². The lowest BCUT2D eigenvalue weighted by molar-refractivity contribution is 0.174. The molecule has 0 aliphatic carbocycles. The zero-order chi connectivity index (χ0) is 13.9. The zero-order valence-electron chi connectivity index (χ0n) is 10.8. The van der Waals surface area contributed by atoms with Crippen LogP contribution in [-0.2, 0) is 0 Å². The van der Waals surface area contributed by atoms with E-state index in [2.05, 4.69) is 36.5 Å². The molecule has 0 saturated carbocycles. The average Bonchev–Trinajstić information content (AvgIpc) is 2.91. The number of fused-ring (bicyclic) bond motifs is 1. The lowest BCUT2D eigenvalue weighted by Crippen LogP contribution is -2.03. The molecule has 0 fully saturated rings. The molecule has 0 bridgehead atoms. The van der Waals surface area contributed by atoms with Crippen molar-refractivity contribution in [2.24, 2.45) is 0 Å². The number of rotatable bonds is 4. The molecule has 1 aliphatic rings. The molecule has 1 aromatic heterocycles. The van der Waals surface area contributed by atoms with Crippen LogP contribution in [0.4, 0.5) is 17.3 Å². The van der Waals surface area contributed by atoms with Gasteiger partial charge in [0.25, 0.3) is 0 Å². The van der Waals surface area contributed by atoms with Crippen molar-refractivity contribution >= 4 is 33.3 Å². The van der Waals surface area contributed by atoms with Crippen LogP contribution < -0.4 is 20.1 Å². The largest absolute Gasteiger partial charge is 0.454 e. The van der Waals surface area contributed by atoms with Crippen LogP contribution in [0, 0.1) is 0 Å². The monoisotopic (exact) mass is 336 g/mol. The fourth-order valence-electron chi connectivity index (χ4n) is 1.86. The van der Waals surface area contributed by atoms with E-state index in [1.165, 1.54) is 6.33 Å². The second-order valence-electron chi connectivity index (χ2n) is 4.11. The summed E-state index contributed by atoms with van der Waals surface area (Å²) in [7, 11) is 0. The molecular formula is C13H13BrN4O2. The smallest absolute Gasteiger partial charge is 0.231 e. The predicted octanol–water partition coefficient (Wildman–Crippen LogP) is 3.14. The maximum Gasteiger partial charge on any atom is 0.231 e. The van der Waals surface area contributed by atoms with Gasteiger partial charge in [-0.2, -0.15) is 0 Å². The number of hydrogen-bond donors (Lipinski definition) is 2. The Morgan fingerprint density at radius 3 is 2.85 bits per heavy atom. The molecule has 2 N–H and O–H groups in total. The first-order valence-corrected chi connectivity index (χ1v) is 6.98. The summed E-state index contributed by atoms with van der Waals surface area (Å²) in [4.78, 5) is 8.40. The first-order chi connectivity index (χ1) is 9.78. The highest BCUT2D eigenvalue weighted by Gasteiger charge is 2.14. The third-order valence-corrected chi connectivity index (χ3v) is 3.52. The molecule has 104 valence electrons. The quantitative estimate of drug-likeness (QED) is 0.893. The van der Waals surface area contributed by atoms with E-state index < -0.39 is 0 Å². The Morgan fingerprint density at radius 1 is 1.20 bits per heavy atom. The van der Waals surface area contributed by atoms with Crippen molar-refractivity contribution in [1.29, 1.82) is 0 Å². The van der Waals surface area contributed by atoms with Crippen LogP contribution in [0.2, 0.25) is 0 Å². The third-order valence-electron chi connectivity index (χ3n) is 2.77. The number of nitrogens with zero attached hydrogens (tertiary/aromatic N) is 2.